The maximum absolute atomic E-state index is 12.5. The number of aromatic nitrogens is 2. The van der Waals surface area contributed by atoms with E-state index in [1.54, 1.807) is 12.1 Å². The van der Waals surface area contributed by atoms with Gasteiger partial charge in [0.1, 0.15) is 12.4 Å². The molecule has 0 saturated carbocycles. The Hall–Kier alpha value is -2.67. The summed E-state index contributed by atoms with van der Waals surface area (Å²) in [5.41, 5.74) is 0.480. The quantitative estimate of drug-likeness (QED) is 0.602. The van der Waals surface area contributed by atoms with Crippen LogP contribution < -0.4 is 15.6 Å². The molecule has 1 heterocycles. The summed E-state index contributed by atoms with van der Waals surface area (Å²) in [6, 6.07) is 14.8. The monoisotopic (exact) mass is 415 g/mol. The molecule has 0 aliphatic carbocycles. The predicted molar refractivity (Wildman–Crippen MR) is 103 cm³/mol. The van der Waals surface area contributed by atoms with Gasteiger partial charge in [0, 0.05) is 17.4 Å². The molecule has 1 N–H and O–H groups in total. The molecule has 0 aliphatic heterocycles. The molecule has 26 heavy (non-hydrogen) atoms. The number of amides is 1. The number of halogens is 1. The van der Waals surface area contributed by atoms with Crippen molar-refractivity contribution in [3.8, 4) is 5.75 Å². The minimum atomic E-state index is -0.156. The van der Waals surface area contributed by atoms with E-state index in [1.165, 1.54) is 10.9 Å². The van der Waals surface area contributed by atoms with Gasteiger partial charge in [0.05, 0.1) is 23.8 Å². The molecular weight excluding hydrogens is 398 g/mol. The number of aryl methyl sites for hydroxylation is 1. The lowest BCUT2D eigenvalue weighted by Gasteiger charge is -2.09. The smallest absolute Gasteiger partial charge is 0.261 e. The van der Waals surface area contributed by atoms with Crippen molar-refractivity contribution in [2.75, 3.05) is 13.2 Å². The fraction of sp³-hybridized carbons (Fsp3) is 0.211. The first-order valence-corrected chi connectivity index (χ1v) is 9.02. The Morgan fingerprint density at radius 3 is 2.81 bits per heavy atom. The molecule has 0 radical (unpaired) electrons. The second kappa shape index (κ2) is 8.62. The average Bonchev–Trinajstić information content (AvgIpc) is 2.66. The first-order valence-electron chi connectivity index (χ1n) is 8.23. The van der Waals surface area contributed by atoms with Gasteiger partial charge in [0.2, 0.25) is 5.91 Å². The van der Waals surface area contributed by atoms with Crippen molar-refractivity contribution in [2.24, 2.45) is 0 Å². The zero-order valence-electron chi connectivity index (χ0n) is 14.0. The van der Waals surface area contributed by atoms with Crippen LogP contribution in [0.4, 0.5) is 0 Å². The topological polar surface area (TPSA) is 73.2 Å². The third-order valence-electron chi connectivity index (χ3n) is 3.80. The number of nitrogens with one attached hydrogen (secondary N) is 1. The molecule has 1 amide bonds. The van der Waals surface area contributed by atoms with Gasteiger partial charge in [-0.25, -0.2) is 4.98 Å². The van der Waals surface area contributed by atoms with Gasteiger partial charge in [-0.2, -0.15) is 0 Å². The van der Waals surface area contributed by atoms with E-state index in [2.05, 4.69) is 26.2 Å². The van der Waals surface area contributed by atoms with Crippen LogP contribution in [0.5, 0.6) is 5.75 Å². The Balaban J connectivity index is 1.49. The van der Waals surface area contributed by atoms with E-state index in [0.29, 0.717) is 24.1 Å². The molecule has 1 aromatic heterocycles. The summed E-state index contributed by atoms with van der Waals surface area (Å²) in [4.78, 5) is 28.7. The molecule has 3 aromatic rings. The molecule has 134 valence electrons. The fourth-order valence-corrected chi connectivity index (χ4v) is 2.84. The molecule has 0 atom stereocenters. The molecule has 7 heteroatoms. The number of hydrogen-bond donors (Lipinski definition) is 1. The molecule has 0 saturated heterocycles. The van der Waals surface area contributed by atoms with Gasteiger partial charge in [-0.15, -0.1) is 0 Å². The third-order valence-corrected chi connectivity index (χ3v) is 4.30. The van der Waals surface area contributed by atoms with Crippen LogP contribution in [0.3, 0.4) is 0 Å². The van der Waals surface area contributed by atoms with E-state index < -0.39 is 0 Å². The van der Waals surface area contributed by atoms with Crippen LogP contribution >= 0.6 is 15.9 Å². The van der Waals surface area contributed by atoms with Crippen LogP contribution in [0.15, 0.2) is 64.1 Å². The summed E-state index contributed by atoms with van der Waals surface area (Å²) in [5.74, 6) is 0.629. The fourth-order valence-electron chi connectivity index (χ4n) is 2.48. The van der Waals surface area contributed by atoms with Crippen LogP contribution in [0, 0.1) is 0 Å². The normalized spacial score (nSPS) is 10.7. The molecule has 2 aromatic carbocycles. The van der Waals surface area contributed by atoms with E-state index in [4.69, 9.17) is 4.74 Å². The second-order valence-corrected chi connectivity index (χ2v) is 6.58. The highest BCUT2D eigenvalue weighted by Gasteiger charge is 2.07. The Bertz CT molecular complexity index is 957. The van der Waals surface area contributed by atoms with Crippen LogP contribution in [-0.2, 0) is 11.3 Å². The molecular formula is C19H18BrN3O3. The Kier molecular flexibility index (Phi) is 6.01. The minimum absolute atomic E-state index is 0.136. The lowest BCUT2D eigenvalue weighted by atomic mass is 10.2. The highest BCUT2D eigenvalue weighted by atomic mass is 79.9. The van der Waals surface area contributed by atoms with Crippen molar-refractivity contribution in [3.63, 3.8) is 0 Å². The van der Waals surface area contributed by atoms with E-state index in [1.807, 2.05) is 36.4 Å². The molecule has 3 rings (SSSR count). The second-order valence-electron chi connectivity index (χ2n) is 5.67. The number of rotatable bonds is 7. The van der Waals surface area contributed by atoms with Gasteiger partial charge in [-0.3, -0.25) is 14.2 Å². The number of nitrogens with zero attached hydrogens (tertiary/aromatic N) is 2. The summed E-state index contributed by atoms with van der Waals surface area (Å²) >= 11 is 3.35. The van der Waals surface area contributed by atoms with Crippen LogP contribution in [-0.4, -0.2) is 28.6 Å². The number of benzene rings is 2. The minimum Gasteiger partial charge on any atom is -0.492 e. The highest BCUT2D eigenvalue weighted by Crippen LogP contribution is 2.14. The maximum Gasteiger partial charge on any atom is 0.261 e. The number of ether oxygens (including phenoxy) is 1. The van der Waals surface area contributed by atoms with Gasteiger partial charge in [0.15, 0.2) is 0 Å². The predicted octanol–water partition coefficient (Wildman–Crippen LogP) is 2.74. The highest BCUT2D eigenvalue weighted by molar-refractivity contribution is 9.10. The first-order chi connectivity index (χ1) is 12.6. The van der Waals surface area contributed by atoms with Crippen molar-refractivity contribution >= 4 is 32.7 Å². The number of carbonyl (C=O) groups is 1. The third kappa shape index (κ3) is 4.70. The van der Waals surface area contributed by atoms with Crippen LogP contribution in [0.1, 0.15) is 6.42 Å². The molecule has 0 fully saturated rings. The summed E-state index contributed by atoms with van der Waals surface area (Å²) in [5, 5.41) is 3.31. The zero-order chi connectivity index (χ0) is 18.4. The van der Waals surface area contributed by atoms with Gasteiger partial charge in [-0.1, -0.05) is 34.1 Å². The first kappa shape index (κ1) is 18.1. The lowest BCUT2D eigenvalue weighted by molar-refractivity contribution is -0.121. The van der Waals surface area contributed by atoms with E-state index in [9.17, 15) is 9.59 Å². The Morgan fingerprint density at radius 2 is 2.00 bits per heavy atom. The van der Waals surface area contributed by atoms with Crippen molar-refractivity contribution in [1.29, 1.82) is 0 Å². The van der Waals surface area contributed by atoms with E-state index in [-0.39, 0.29) is 24.4 Å². The molecule has 0 spiro atoms. The summed E-state index contributed by atoms with van der Waals surface area (Å²) in [6.07, 6.45) is 1.68. The number of para-hydroxylation sites is 1. The largest absolute Gasteiger partial charge is 0.492 e. The molecule has 0 bridgehead atoms. The van der Waals surface area contributed by atoms with Crippen LogP contribution in [0.2, 0.25) is 0 Å². The standard InChI is InChI=1S/C19H18BrN3O3/c20-14-6-7-17-16(12-14)19(25)23(13-22-17)10-8-18(24)21-9-11-26-15-4-2-1-3-5-15/h1-7,12-13H,8-11H2,(H,21,24). The average molecular weight is 416 g/mol. The molecule has 6 nitrogen and oxygen atoms in total. The van der Waals surface area contributed by atoms with E-state index in [0.717, 1.165) is 10.2 Å². The summed E-state index contributed by atoms with van der Waals surface area (Å²) in [6.45, 7) is 1.08. The van der Waals surface area contributed by atoms with Crippen molar-refractivity contribution < 1.29 is 9.53 Å². The van der Waals surface area contributed by atoms with Gasteiger partial charge in [0.25, 0.3) is 5.56 Å². The number of fused-ring (bicyclic) bond motifs is 1. The number of hydrogen-bond acceptors (Lipinski definition) is 4. The number of carbonyl (C=O) groups excluding carboxylic acids is 1. The van der Waals surface area contributed by atoms with Gasteiger partial charge < -0.3 is 10.1 Å². The van der Waals surface area contributed by atoms with Crippen molar-refractivity contribution in [1.82, 2.24) is 14.9 Å². The summed E-state index contributed by atoms with van der Waals surface area (Å²) in [7, 11) is 0. The van der Waals surface area contributed by atoms with Gasteiger partial charge in [-0.05, 0) is 30.3 Å². The molecule has 0 unspecified atom stereocenters. The Labute approximate surface area is 158 Å². The van der Waals surface area contributed by atoms with Crippen molar-refractivity contribution in [2.45, 2.75) is 13.0 Å². The SMILES string of the molecule is O=C(CCn1cnc2ccc(Br)cc2c1=O)NCCOc1ccccc1. The Morgan fingerprint density at radius 1 is 1.19 bits per heavy atom. The van der Waals surface area contributed by atoms with Crippen LogP contribution in [0.25, 0.3) is 10.9 Å². The van der Waals surface area contributed by atoms with Crippen molar-refractivity contribution in [3.05, 3.63) is 69.7 Å². The zero-order valence-corrected chi connectivity index (χ0v) is 15.6. The lowest BCUT2D eigenvalue weighted by Crippen LogP contribution is -2.30. The van der Waals surface area contributed by atoms with E-state index >= 15 is 0 Å². The summed E-state index contributed by atoms with van der Waals surface area (Å²) < 4.78 is 7.78. The molecule has 0 aliphatic rings. The maximum atomic E-state index is 12.5. The van der Waals surface area contributed by atoms with Gasteiger partial charge >= 0.3 is 0 Å².